The SMILES string of the molecule is CC(=O)O[C@@H](C(=O)Nc1ccc(-c2noc(=O)[nH]2)cc1)[C@H]1OCCN(c2cnc(F)c(F)c2)C1=O. The molecule has 4 rings (SSSR count). The number of halogens is 2. The predicted molar refractivity (Wildman–Crippen MR) is 113 cm³/mol. The Labute approximate surface area is 194 Å². The van der Waals surface area contributed by atoms with E-state index in [1.807, 2.05) is 0 Å². The van der Waals surface area contributed by atoms with E-state index in [0.717, 1.165) is 24.1 Å². The standard InChI is InChI=1S/C21H17F2N5O7/c1-10(29)34-15(16-20(31)28(6-7-33-16)13-8-14(22)17(23)24-9-13)19(30)25-12-4-2-11(3-5-12)18-26-21(32)35-27-18/h2-5,8-9,15-16H,6-7H2,1H3,(H,25,30)(H,26,27,32)/t15-,16-/m1/s1. The second-order valence-corrected chi connectivity index (χ2v) is 7.29. The van der Waals surface area contributed by atoms with Crippen LogP contribution in [0, 0.1) is 11.8 Å². The molecule has 1 aliphatic heterocycles. The van der Waals surface area contributed by atoms with Gasteiger partial charge in [-0.15, -0.1) is 0 Å². The Bertz CT molecular complexity index is 1320. The van der Waals surface area contributed by atoms with E-state index in [2.05, 4.69) is 25.0 Å². The average molecular weight is 489 g/mol. The number of esters is 1. The van der Waals surface area contributed by atoms with Crippen molar-refractivity contribution in [1.82, 2.24) is 15.1 Å². The second-order valence-electron chi connectivity index (χ2n) is 7.29. The van der Waals surface area contributed by atoms with E-state index in [1.54, 1.807) is 0 Å². The largest absolute Gasteiger partial charge is 0.449 e. The third-order valence-electron chi connectivity index (χ3n) is 4.91. The van der Waals surface area contributed by atoms with Crippen molar-refractivity contribution in [2.75, 3.05) is 23.4 Å². The molecule has 2 amide bonds. The number of carbonyl (C=O) groups excluding carboxylic acids is 3. The number of pyridine rings is 1. The van der Waals surface area contributed by atoms with Crippen LogP contribution in [-0.4, -0.2) is 58.3 Å². The molecule has 0 saturated carbocycles. The van der Waals surface area contributed by atoms with Gasteiger partial charge in [0.25, 0.3) is 11.8 Å². The maximum Gasteiger partial charge on any atom is 0.439 e. The summed E-state index contributed by atoms with van der Waals surface area (Å²) >= 11 is 0. The van der Waals surface area contributed by atoms with E-state index in [4.69, 9.17) is 9.47 Å². The Morgan fingerprint density at radius 3 is 2.63 bits per heavy atom. The van der Waals surface area contributed by atoms with Crippen LogP contribution in [0.5, 0.6) is 0 Å². The first-order valence-corrected chi connectivity index (χ1v) is 10.1. The van der Waals surface area contributed by atoms with Crippen LogP contribution in [0.15, 0.2) is 45.8 Å². The highest BCUT2D eigenvalue weighted by Crippen LogP contribution is 2.23. The summed E-state index contributed by atoms with van der Waals surface area (Å²) in [6.07, 6.45) is -2.28. The van der Waals surface area contributed by atoms with Crippen molar-refractivity contribution >= 4 is 29.2 Å². The van der Waals surface area contributed by atoms with Gasteiger partial charge in [-0.2, -0.15) is 4.39 Å². The van der Waals surface area contributed by atoms with Crippen molar-refractivity contribution in [3.63, 3.8) is 0 Å². The van der Waals surface area contributed by atoms with Crippen LogP contribution in [0.3, 0.4) is 0 Å². The van der Waals surface area contributed by atoms with Crippen molar-refractivity contribution in [3.8, 4) is 11.4 Å². The molecule has 14 heteroatoms. The number of nitrogens with one attached hydrogen (secondary N) is 2. The van der Waals surface area contributed by atoms with Gasteiger partial charge in [-0.05, 0) is 24.3 Å². The van der Waals surface area contributed by atoms with Crippen LogP contribution in [0.4, 0.5) is 20.2 Å². The number of anilines is 2. The van der Waals surface area contributed by atoms with Crippen molar-refractivity contribution in [2.45, 2.75) is 19.1 Å². The molecular weight excluding hydrogens is 472 g/mol. The fourth-order valence-corrected chi connectivity index (χ4v) is 3.35. The summed E-state index contributed by atoms with van der Waals surface area (Å²) in [5, 5.41) is 6.07. The lowest BCUT2D eigenvalue weighted by Gasteiger charge is -2.35. The Hall–Kier alpha value is -4.46. The topological polar surface area (TPSA) is 157 Å². The number of aromatic amines is 1. The molecule has 12 nitrogen and oxygen atoms in total. The van der Waals surface area contributed by atoms with Gasteiger partial charge in [-0.25, -0.2) is 14.2 Å². The van der Waals surface area contributed by atoms with Crippen LogP contribution < -0.4 is 16.0 Å². The third kappa shape index (κ3) is 5.22. The number of hydrogen-bond donors (Lipinski definition) is 2. The number of ether oxygens (including phenoxy) is 2. The molecule has 1 fully saturated rings. The van der Waals surface area contributed by atoms with Gasteiger partial charge >= 0.3 is 11.7 Å². The molecule has 3 aromatic rings. The molecular formula is C21H17F2N5O7. The number of hydrogen-bond acceptors (Lipinski definition) is 9. The Kier molecular flexibility index (Phi) is 6.64. The summed E-state index contributed by atoms with van der Waals surface area (Å²) in [5.41, 5.74) is 0.712. The monoisotopic (exact) mass is 489 g/mol. The zero-order valence-electron chi connectivity index (χ0n) is 18.0. The lowest BCUT2D eigenvalue weighted by molar-refractivity contribution is -0.167. The molecule has 0 aliphatic carbocycles. The van der Waals surface area contributed by atoms with E-state index in [0.29, 0.717) is 5.56 Å². The zero-order chi connectivity index (χ0) is 25.1. The maximum atomic E-state index is 13.6. The van der Waals surface area contributed by atoms with Crippen molar-refractivity contribution in [2.24, 2.45) is 0 Å². The fourth-order valence-electron chi connectivity index (χ4n) is 3.35. The molecule has 0 radical (unpaired) electrons. The lowest BCUT2D eigenvalue weighted by Crippen LogP contribution is -2.56. The average Bonchev–Trinajstić information content (AvgIpc) is 3.26. The zero-order valence-corrected chi connectivity index (χ0v) is 18.0. The molecule has 0 bridgehead atoms. The first-order chi connectivity index (χ1) is 16.7. The molecule has 2 N–H and O–H groups in total. The Balaban J connectivity index is 1.53. The number of amides is 2. The first kappa shape index (κ1) is 23.7. The minimum Gasteiger partial charge on any atom is -0.449 e. The number of carbonyl (C=O) groups is 3. The highest BCUT2D eigenvalue weighted by Gasteiger charge is 2.42. The number of morpholine rings is 1. The van der Waals surface area contributed by atoms with Gasteiger partial charge in [-0.3, -0.25) is 23.9 Å². The van der Waals surface area contributed by atoms with Gasteiger partial charge in [0.05, 0.1) is 18.5 Å². The van der Waals surface area contributed by atoms with Crippen molar-refractivity contribution in [3.05, 3.63) is 58.8 Å². The minimum atomic E-state index is -1.69. The Morgan fingerprint density at radius 1 is 1.26 bits per heavy atom. The Morgan fingerprint density at radius 2 is 2.00 bits per heavy atom. The molecule has 0 unspecified atom stereocenters. The third-order valence-corrected chi connectivity index (χ3v) is 4.91. The first-order valence-electron chi connectivity index (χ1n) is 10.1. The fraction of sp³-hybridized carbons (Fsp3) is 0.238. The van der Waals surface area contributed by atoms with E-state index in [9.17, 15) is 28.0 Å². The summed E-state index contributed by atoms with van der Waals surface area (Å²) < 4.78 is 41.8. The molecule has 2 aromatic heterocycles. The molecule has 182 valence electrons. The molecule has 3 heterocycles. The number of rotatable bonds is 6. The van der Waals surface area contributed by atoms with E-state index in [1.165, 1.54) is 24.3 Å². The van der Waals surface area contributed by atoms with Gasteiger partial charge in [0, 0.05) is 30.8 Å². The summed E-state index contributed by atoms with van der Waals surface area (Å²) in [4.78, 5) is 55.5. The normalized spacial score (nSPS) is 16.6. The van der Waals surface area contributed by atoms with Crippen LogP contribution in [-0.2, 0) is 23.9 Å². The van der Waals surface area contributed by atoms with Gasteiger partial charge in [0.2, 0.25) is 12.1 Å². The van der Waals surface area contributed by atoms with Crippen LogP contribution in [0.1, 0.15) is 6.92 Å². The van der Waals surface area contributed by atoms with Crippen LogP contribution in [0.25, 0.3) is 11.4 Å². The summed E-state index contributed by atoms with van der Waals surface area (Å²) in [7, 11) is 0. The highest BCUT2D eigenvalue weighted by molar-refractivity contribution is 6.04. The maximum absolute atomic E-state index is 13.6. The number of nitrogens with zero attached hydrogens (tertiary/aromatic N) is 3. The quantitative estimate of drug-likeness (QED) is 0.381. The number of aromatic nitrogens is 3. The number of benzene rings is 1. The van der Waals surface area contributed by atoms with Gasteiger partial charge < -0.3 is 19.7 Å². The van der Waals surface area contributed by atoms with Crippen LogP contribution in [0.2, 0.25) is 0 Å². The molecule has 1 aromatic carbocycles. The summed E-state index contributed by atoms with van der Waals surface area (Å²) in [6, 6.07) is 6.81. The second kappa shape index (κ2) is 9.80. The minimum absolute atomic E-state index is 0.0257. The van der Waals surface area contributed by atoms with Crippen LogP contribution >= 0.6 is 0 Å². The van der Waals surface area contributed by atoms with E-state index < -0.39 is 47.5 Å². The molecule has 1 aliphatic rings. The predicted octanol–water partition coefficient (Wildman–Crippen LogP) is 1.01. The summed E-state index contributed by atoms with van der Waals surface area (Å²) in [5.74, 6) is -5.67. The smallest absolute Gasteiger partial charge is 0.439 e. The highest BCUT2D eigenvalue weighted by atomic mass is 19.2. The lowest BCUT2D eigenvalue weighted by atomic mass is 10.1. The van der Waals surface area contributed by atoms with Crippen molar-refractivity contribution < 1.29 is 37.2 Å². The number of H-pyrrole nitrogens is 1. The van der Waals surface area contributed by atoms with Gasteiger partial charge in [0.1, 0.15) is 0 Å². The van der Waals surface area contributed by atoms with Crippen molar-refractivity contribution in [1.29, 1.82) is 0 Å². The summed E-state index contributed by atoms with van der Waals surface area (Å²) in [6.45, 7) is 0.950. The molecule has 35 heavy (non-hydrogen) atoms. The van der Waals surface area contributed by atoms with E-state index in [-0.39, 0.29) is 30.4 Å². The molecule has 2 atom stereocenters. The van der Waals surface area contributed by atoms with E-state index >= 15 is 0 Å². The van der Waals surface area contributed by atoms with Gasteiger partial charge in [-0.1, -0.05) is 5.16 Å². The molecule has 0 spiro atoms. The molecule has 1 saturated heterocycles. The van der Waals surface area contributed by atoms with Gasteiger partial charge in [0.15, 0.2) is 17.7 Å².